The Morgan fingerprint density at radius 2 is 0.667 bits per heavy atom. The summed E-state index contributed by atoms with van der Waals surface area (Å²) < 4.78 is 75.3. The fraction of sp³-hybridized carbons (Fsp3) is 0.281. The molecule has 0 fully saturated rings. The van der Waals surface area contributed by atoms with Crippen LogP contribution < -0.4 is 0 Å². The summed E-state index contributed by atoms with van der Waals surface area (Å²) in [5, 5.41) is 49.1. The Labute approximate surface area is 846 Å². The fourth-order valence-electron chi connectivity index (χ4n) is 24.4. The van der Waals surface area contributed by atoms with E-state index >= 15 is 13.2 Å². The second-order valence-electron chi connectivity index (χ2n) is 41.0. The number of rotatable bonds is 9. The second-order valence-corrected chi connectivity index (χ2v) is 41.0. The number of hydrogen-bond donors (Lipinski definition) is 0. The molecule has 0 aliphatic heterocycles. The summed E-state index contributed by atoms with van der Waals surface area (Å²) in [5.41, 5.74) is 16.2. The Balaban J connectivity index is 0.000000119. The van der Waals surface area contributed by atoms with Gasteiger partial charge in [0, 0.05) is 145 Å². The van der Waals surface area contributed by atoms with Crippen molar-refractivity contribution in [3.8, 4) is 115 Å². The first-order valence-corrected chi connectivity index (χ1v) is 49.6. The van der Waals surface area contributed by atoms with E-state index < -0.39 is 33.3 Å². The Morgan fingerprint density at radius 3 is 1.04 bits per heavy atom. The van der Waals surface area contributed by atoms with Gasteiger partial charge in [-0.1, -0.05) is 184 Å². The lowest BCUT2D eigenvalue weighted by molar-refractivity contribution is -0.122. The summed E-state index contributed by atoms with van der Waals surface area (Å²) in [5.74, 6) is -1.95. The Morgan fingerprint density at radius 1 is 0.333 bits per heavy atom. The summed E-state index contributed by atoms with van der Waals surface area (Å²) in [6.07, 6.45) is 15.5. The molecule has 0 saturated carbocycles. The Bertz CT molecular complexity index is 8280. The zero-order valence-electron chi connectivity index (χ0n) is 83.3. The molecular formula is C121H100F5N17O4. The van der Waals surface area contributed by atoms with Crippen LogP contribution in [0.2, 0.25) is 0 Å². The van der Waals surface area contributed by atoms with Crippen LogP contribution in [0, 0.1) is 143 Å². The van der Waals surface area contributed by atoms with E-state index in [9.17, 15) is 49.0 Å². The summed E-state index contributed by atoms with van der Waals surface area (Å²) in [4.78, 5) is 105. The van der Waals surface area contributed by atoms with Crippen molar-refractivity contribution in [2.45, 2.75) is 169 Å². The van der Waals surface area contributed by atoms with E-state index in [4.69, 9.17) is 49.8 Å². The third-order valence-electron chi connectivity index (χ3n) is 31.8. The van der Waals surface area contributed by atoms with Gasteiger partial charge < -0.3 is 0 Å². The summed E-state index contributed by atoms with van der Waals surface area (Å²) >= 11 is 0. The number of pyridine rings is 3. The van der Waals surface area contributed by atoms with E-state index in [1.165, 1.54) is 30.3 Å². The minimum Gasteiger partial charge on any atom is -0.293 e. The fourth-order valence-corrected chi connectivity index (χ4v) is 24.4. The molecule has 8 heterocycles. The number of nitrogens with zero attached hydrogens (tertiary/aromatic N) is 17. The lowest BCUT2D eigenvalue weighted by Crippen LogP contribution is -2.46. The van der Waals surface area contributed by atoms with Crippen molar-refractivity contribution in [3.63, 3.8) is 0 Å². The van der Waals surface area contributed by atoms with E-state index in [1.807, 2.05) is 116 Å². The predicted molar refractivity (Wildman–Crippen MR) is 549 cm³/mol. The normalized spacial score (nSPS) is 22.8. The van der Waals surface area contributed by atoms with Crippen LogP contribution in [-0.4, -0.2) is 88.2 Å². The van der Waals surface area contributed by atoms with Gasteiger partial charge in [-0.2, -0.15) is 31.2 Å². The highest BCUT2D eigenvalue weighted by Gasteiger charge is 2.55. The molecule has 0 unspecified atom stereocenters. The van der Waals surface area contributed by atoms with E-state index in [-0.39, 0.29) is 122 Å². The molecule has 0 saturated heterocycles. The molecule has 728 valence electrons. The number of carbonyl (C=O) groups excluding carboxylic acids is 4. The Hall–Kier alpha value is -16.6. The smallest absolute Gasteiger partial charge is 0.176 e. The number of aromatic nitrogens is 13. The number of para-hydroxylation sites is 2. The van der Waals surface area contributed by atoms with Crippen molar-refractivity contribution < 1.29 is 41.1 Å². The third kappa shape index (κ3) is 16.8. The maximum atomic E-state index is 15.3. The molecule has 0 spiro atoms. The highest BCUT2D eigenvalue weighted by Crippen LogP contribution is 2.58. The lowest BCUT2D eigenvalue weighted by atomic mass is 9.57. The average molecular weight is 1950 g/mol. The molecule has 21 nitrogen and oxygen atoms in total. The minimum atomic E-state index is -0.743. The third-order valence-corrected chi connectivity index (χ3v) is 31.8. The molecule has 147 heavy (non-hydrogen) atoms. The molecule has 0 amide bonds. The monoisotopic (exact) mass is 1950 g/mol. The van der Waals surface area contributed by atoms with Crippen LogP contribution >= 0.6 is 0 Å². The molecule has 7 aromatic carbocycles. The topological polar surface area (TPSA) is 331 Å². The molecule has 8 aliphatic rings. The number of fused-ring (bicyclic) bond motifs is 15. The molecule has 23 rings (SSSR count). The van der Waals surface area contributed by atoms with Crippen molar-refractivity contribution >= 4 is 55.8 Å². The van der Waals surface area contributed by atoms with Crippen LogP contribution in [0.25, 0.3) is 123 Å². The molecular weight excluding hydrogens is 1850 g/mol. The van der Waals surface area contributed by atoms with Gasteiger partial charge >= 0.3 is 0 Å². The molecule has 26 heteroatoms. The summed E-state index contributed by atoms with van der Waals surface area (Å²) in [6, 6.07) is 61.1. The van der Waals surface area contributed by atoms with E-state index in [1.54, 1.807) is 129 Å². The van der Waals surface area contributed by atoms with Gasteiger partial charge in [0.25, 0.3) is 0 Å². The molecule has 0 bridgehead atoms. The van der Waals surface area contributed by atoms with Crippen molar-refractivity contribution in [2.24, 2.45) is 47.3 Å². The maximum Gasteiger partial charge on any atom is 0.176 e. The minimum absolute atomic E-state index is 0.00798. The van der Waals surface area contributed by atoms with E-state index in [0.29, 0.717) is 128 Å². The van der Waals surface area contributed by atoms with Gasteiger partial charge in [-0.3, -0.25) is 29.1 Å². The van der Waals surface area contributed by atoms with Gasteiger partial charge in [0.15, 0.2) is 46.4 Å². The zero-order valence-corrected chi connectivity index (χ0v) is 83.3. The number of aryl methyl sites for hydroxylation is 3. The molecule has 8 aliphatic carbocycles. The average Bonchev–Trinajstić information content (AvgIpc) is 0.725. The van der Waals surface area contributed by atoms with Gasteiger partial charge in [-0.25, -0.2) is 66.8 Å². The first kappa shape index (κ1) is 97.8. The first-order chi connectivity index (χ1) is 70.6. The molecule has 12 atom stereocenters. The quantitative estimate of drug-likeness (QED) is 0.121. The second kappa shape index (κ2) is 38.2. The zero-order chi connectivity index (χ0) is 103. The van der Waals surface area contributed by atoms with Gasteiger partial charge in [-0.05, 0) is 199 Å². The maximum absolute atomic E-state index is 15.3. The molecule has 15 aromatic rings. The Kier molecular flexibility index (Phi) is 25.4. The van der Waals surface area contributed by atoms with Gasteiger partial charge in [-0.15, -0.1) is 0 Å². The number of nitriles is 4. The van der Waals surface area contributed by atoms with Gasteiger partial charge in [0.2, 0.25) is 0 Å². The number of ketones is 4. The number of halogens is 5. The van der Waals surface area contributed by atoms with Crippen LogP contribution in [0.3, 0.4) is 0 Å². The van der Waals surface area contributed by atoms with E-state index in [0.717, 1.165) is 108 Å². The van der Waals surface area contributed by atoms with Crippen LogP contribution in [0.4, 0.5) is 22.0 Å². The SMILES string of the molecule is CC(C)c1cc(-c2nc(-c3ccccc3F)c3c(n2)[C@]2(C)C=C(C#N)C(=O)[C@H](C)[C@H]2CC3)c2ccccc2n1.C[C@H]1C(=O)C(C#N)=C[C@@]2(C)c3nc(-c4ccnnc4)nc(-c4ccccc4F)c3CC[C@H]12.Cc1cc(-c2nc(-c3ccccc3F)c3c(n2)[C@]2(C)C=C(C#N)C(=O)[C@H](C)[C@H]2CC3)c2cccc(F)c2n1.Cc1ccc2nc(C)cc(-c3nc(-c4ccccc4F)c4c(n3)[C@]3(C)C=C(C#N)C(=O)[C@H](C)[C@H]3CC4)c2c1. The van der Waals surface area contributed by atoms with Crippen molar-refractivity contribution in [1.82, 2.24) is 65.0 Å². The van der Waals surface area contributed by atoms with Crippen molar-refractivity contribution in [1.29, 1.82) is 21.0 Å². The highest BCUT2D eigenvalue weighted by molar-refractivity contribution is 6.05. The standard InChI is InChI=1S/C33H29FN4O.C32H27FN4O.C31H24F2N4O.C25H20FN5O/c1-18(2)28-15-24(21-9-6-8-12-27(21)36-28)32-37-29(22-10-5-7-11-26(22)34)23-13-14-25-19(3)30(39)20(17-35)16-33(25,4)31(23)38-32;1-17-9-12-27-23(13-17)24(14-18(2)35-27)31-36-28(21-7-5-6-8-26(21)33)22-10-11-25-19(3)29(38)20(16-34)15-32(25,4)30(22)37-31;1-16-13-22(19-8-6-10-25(33)27(19)35-16)30-36-26(20-7-4-5-9-24(20)32)21-11-12-23-17(2)28(38)18(15-34)14-31(23,3)29(21)37-30;1-14-19-8-7-18-21(17-5-3-4-6-20(17)26)30-24(15-9-10-28-29-13-15)31-23(18)25(19,2)11-16(12-27)22(14)32/h5-12,15-16,18-19,25H,13-14H2,1-4H3;5-9,12-15,19,25H,10-11H2,1-4H3;4-10,13-14,17,23H,11-12H2,1-3H3;3-6,9-11,13-14,19H,7-8H2,1-2H3/t19-,25-,33-;19-,25-,32-;17-,23-,31-;14-,19-,25-/m1111/s1. The number of allylic oxidation sites excluding steroid dienone is 8. The predicted octanol–water partition coefficient (Wildman–Crippen LogP) is 24.4. The van der Waals surface area contributed by atoms with Crippen LogP contribution in [0.1, 0.15) is 169 Å². The highest BCUT2D eigenvalue weighted by atomic mass is 19.1. The van der Waals surface area contributed by atoms with Crippen molar-refractivity contribution in [3.05, 3.63) is 338 Å². The van der Waals surface area contributed by atoms with Crippen LogP contribution in [-0.2, 0) is 66.5 Å². The first-order valence-electron chi connectivity index (χ1n) is 49.6. The van der Waals surface area contributed by atoms with Crippen molar-refractivity contribution in [2.75, 3.05) is 0 Å². The number of benzene rings is 7. The van der Waals surface area contributed by atoms with Gasteiger partial charge in [0.1, 0.15) is 58.9 Å². The summed E-state index contributed by atoms with van der Waals surface area (Å²) in [7, 11) is 0. The summed E-state index contributed by atoms with van der Waals surface area (Å²) in [6.45, 7) is 25.6. The molecule has 0 radical (unpaired) electrons. The molecule has 0 N–H and O–H groups in total. The van der Waals surface area contributed by atoms with Crippen LogP contribution in [0.15, 0.2) is 241 Å². The van der Waals surface area contributed by atoms with Gasteiger partial charge in [0.05, 0.1) is 91.3 Å². The number of carbonyl (C=O) groups is 4. The number of Topliss-reactive ketones (excluding diaryl/α,β-unsaturated/α-hetero) is 4. The number of hydrogen-bond acceptors (Lipinski definition) is 21. The van der Waals surface area contributed by atoms with Crippen LogP contribution in [0.5, 0.6) is 0 Å². The lowest BCUT2D eigenvalue weighted by Gasteiger charge is -2.45. The molecule has 8 aromatic heterocycles. The van der Waals surface area contributed by atoms with E-state index in [2.05, 4.69) is 73.2 Å². The largest absolute Gasteiger partial charge is 0.293 e.